The number of morpholine rings is 1. The lowest BCUT2D eigenvalue weighted by atomic mass is 9.81. The third-order valence-corrected chi connectivity index (χ3v) is 9.20. The topological polar surface area (TPSA) is 164 Å². The molecule has 0 spiro atoms. The van der Waals surface area contributed by atoms with Gasteiger partial charge in [-0.3, -0.25) is 9.59 Å². The maximum Gasteiger partial charge on any atom is 0.247 e. The average Bonchev–Trinajstić information content (AvgIpc) is 3.65. The third-order valence-electron chi connectivity index (χ3n) is 8.83. The number of rotatable bonds is 10. The van der Waals surface area contributed by atoms with Crippen molar-refractivity contribution < 1.29 is 14.3 Å². The molecule has 2 aliphatic rings. The van der Waals surface area contributed by atoms with Gasteiger partial charge in [0.1, 0.15) is 11.9 Å². The van der Waals surface area contributed by atoms with Crippen molar-refractivity contribution in [3.8, 4) is 22.5 Å². The predicted octanol–water partition coefficient (Wildman–Crippen LogP) is 3.85. The fourth-order valence-electron chi connectivity index (χ4n) is 6.08. The molecule has 1 atom stereocenters. The van der Waals surface area contributed by atoms with E-state index in [0.717, 1.165) is 66.8 Å². The Labute approximate surface area is 272 Å². The molecule has 2 fully saturated rings. The van der Waals surface area contributed by atoms with Crippen LogP contribution in [0.4, 0.5) is 11.5 Å². The van der Waals surface area contributed by atoms with Crippen LogP contribution in [0, 0.1) is 11.8 Å². The van der Waals surface area contributed by atoms with Crippen molar-refractivity contribution in [1.29, 1.82) is 0 Å². The number of benzene rings is 2. The van der Waals surface area contributed by atoms with Crippen LogP contribution in [0.5, 0.6) is 0 Å². The highest BCUT2D eigenvalue weighted by Crippen LogP contribution is 2.35. The molecule has 1 saturated heterocycles. The number of hydrogen-bond acceptors (Lipinski definition) is 9. The van der Waals surface area contributed by atoms with Gasteiger partial charge in [-0.05, 0) is 84.8 Å². The number of aromatic amines is 1. The molecule has 12 nitrogen and oxygen atoms in total. The van der Waals surface area contributed by atoms with Crippen LogP contribution in [-0.2, 0) is 20.7 Å². The lowest BCUT2D eigenvalue weighted by Crippen LogP contribution is -2.48. The number of halogens is 1. The minimum Gasteiger partial charge on any atom is -0.378 e. The molecule has 2 aromatic heterocycles. The lowest BCUT2D eigenvalue weighted by molar-refractivity contribution is -0.130. The molecule has 1 saturated carbocycles. The molecule has 1 unspecified atom stereocenters. The number of amides is 2. The quantitative estimate of drug-likeness (QED) is 0.201. The smallest absolute Gasteiger partial charge is 0.247 e. The number of tetrazole rings is 1. The highest BCUT2D eigenvalue weighted by molar-refractivity contribution is 6.35. The first kappa shape index (κ1) is 31.6. The van der Waals surface area contributed by atoms with Crippen molar-refractivity contribution >= 4 is 34.9 Å². The van der Waals surface area contributed by atoms with Crippen LogP contribution < -0.4 is 21.3 Å². The molecule has 1 aliphatic carbocycles. The number of hydrogen-bond donors (Lipinski definition) is 4. The summed E-state index contributed by atoms with van der Waals surface area (Å²) in [6, 6.07) is 16.2. The SMILES string of the molecule is NCC1CCC(C(=O)NC(Cc2ccc(-c3ccnc(N4CCOCC4)c3Cl)cc2)C(=O)Nc2ccc(-c3nn[nH]n3)cc2)CC1. The number of anilines is 2. The molecule has 3 heterocycles. The Morgan fingerprint density at radius 2 is 1.72 bits per heavy atom. The maximum absolute atomic E-state index is 13.6. The van der Waals surface area contributed by atoms with Crippen molar-refractivity contribution in [1.82, 2.24) is 30.9 Å². The normalized spacial score (nSPS) is 19.0. The number of nitrogens with two attached hydrogens (primary N) is 1. The number of nitrogens with one attached hydrogen (secondary N) is 3. The van der Waals surface area contributed by atoms with Crippen molar-refractivity contribution in [2.75, 3.05) is 43.1 Å². The van der Waals surface area contributed by atoms with Gasteiger partial charge in [-0.2, -0.15) is 5.21 Å². The van der Waals surface area contributed by atoms with E-state index in [0.29, 0.717) is 48.6 Å². The van der Waals surface area contributed by atoms with E-state index in [2.05, 4.69) is 41.1 Å². The summed E-state index contributed by atoms with van der Waals surface area (Å²) in [5, 5.41) is 20.6. The maximum atomic E-state index is 13.6. The van der Waals surface area contributed by atoms with Crippen LogP contribution in [0.25, 0.3) is 22.5 Å². The molecule has 6 rings (SSSR count). The van der Waals surface area contributed by atoms with E-state index >= 15 is 0 Å². The summed E-state index contributed by atoms with van der Waals surface area (Å²) in [6.07, 6.45) is 5.47. The number of aromatic nitrogens is 5. The van der Waals surface area contributed by atoms with Crippen LogP contribution in [0.2, 0.25) is 5.02 Å². The summed E-state index contributed by atoms with van der Waals surface area (Å²) in [7, 11) is 0. The summed E-state index contributed by atoms with van der Waals surface area (Å²) in [5.74, 6) is 1.13. The monoisotopic (exact) mass is 643 g/mol. The molecular weight excluding hydrogens is 606 g/mol. The minimum absolute atomic E-state index is 0.0982. The van der Waals surface area contributed by atoms with Crippen LogP contribution in [0.15, 0.2) is 60.8 Å². The molecule has 240 valence electrons. The van der Waals surface area contributed by atoms with Crippen LogP contribution >= 0.6 is 11.6 Å². The third kappa shape index (κ3) is 7.52. The van der Waals surface area contributed by atoms with Gasteiger partial charge < -0.3 is 26.0 Å². The molecule has 46 heavy (non-hydrogen) atoms. The minimum atomic E-state index is -0.778. The van der Waals surface area contributed by atoms with Crippen LogP contribution in [0.3, 0.4) is 0 Å². The van der Waals surface area contributed by atoms with E-state index in [1.165, 1.54) is 0 Å². The van der Waals surface area contributed by atoms with E-state index in [-0.39, 0.29) is 17.7 Å². The molecule has 5 N–H and O–H groups in total. The average molecular weight is 644 g/mol. The summed E-state index contributed by atoms with van der Waals surface area (Å²) in [5.41, 5.74) is 9.94. The Morgan fingerprint density at radius 3 is 2.39 bits per heavy atom. The van der Waals surface area contributed by atoms with Crippen LogP contribution in [-0.4, -0.2) is 76.3 Å². The Bertz CT molecular complexity index is 1600. The predicted molar refractivity (Wildman–Crippen MR) is 176 cm³/mol. The number of nitrogens with zero attached hydrogens (tertiary/aromatic N) is 5. The zero-order chi connectivity index (χ0) is 31.9. The van der Waals surface area contributed by atoms with Gasteiger partial charge in [0.05, 0.1) is 18.2 Å². The molecule has 0 radical (unpaired) electrons. The van der Waals surface area contributed by atoms with Crippen molar-refractivity contribution in [2.45, 2.75) is 38.1 Å². The van der Waals surface area contributed by atoms with Crippen molar-refractivity contribution in [3.05, 3.63) is 71.4 Å². The molecule has 0 bridgehead atoms. The van der Waals surface area contributed by atoms with Gasteiger partial charge >= 0.3 is 0 Å². The van der Waals surface area contributed by atoms with Crippen molar-refractivity contribution in [2.24, 2.45) is 17.6 Å². The van der Waals surface area contributed by atoms with E-state index in [9.17, 15) is 9.59 Å². The van der Waals surface area contributed by atoms with Crippen LogP contribution in [0.1, 0.15) is 31.2 Å². The fraction of sp³-hybridized carbons (Fsp3) is 0.394. The number of carbonyl (C=O) groups is 2. The second-order valence-corrected chi connectivity index (χ2v) is 12.2. The number of carbonyl (C=O) groups excluding carboxylic acids is 2. The highest BCUT2D eigenvalue weighted by Gasteiger charge is 2.29. The Balaban J connectivity index is 1.17. The van der Waals surface area contributed by atoms with E-state index in [1.54, 1.807) is 30.5 Å². The number of H-pyrrole nitrogens is 1. The second-order valence-electron chi connectivity index (χ2n) is 11.8. The number of ether oxygens (including phenoxy) is 1. The second kappa shape index (κ2) is 14.8. The standard InChI is InChI=1S/C33H38ClN9O3/c34-29-27(13-14-36-31(29)43-15-17-46-18-16-43)23-5-1-21(2-6-23)19-28(38-32(44)25-7-3-22(20-35)4-8-25)33(45)37-26-11-9-24(10-12-26)30-39-41-42-40-30/h1-2,5-6,9-14,22,25,28H,3-4,7-8,15-20,35H2,(H,37,45)(H,38,44)(H,39,40,41,42). The Kier molecular flexibility index (Phi) is 10.2. The first-order valence-corrected chi connectivity index (χ1v) is 16.1. The number of pyridine rings is 1. The first-order valence-electron chi connectivity index (χ1n) is 15.7. The van der Waals surface area contributed by atoms with Crippen molar-refractivity contribution in [3.63, 3.8) is 0 Å². The summed E-state index contributed by atoms with van der Waals surface area (Å²) in [4.78, 5) is 33.7. The molecule has 2 aromatic carbocycles. The first-order chi connectivity index (χ1) is 22.5. The zero-order valence-corrected chi connectivity index (χ0v) is 26.2. The fourth-order valence-corrected chi connectivity index (χ4v) is 6.42. The molecule has 2 amide bonds. The molecule has 13 heteroatoms. The van der Waals surface area contributed by atoms with Gasteiger partial charge in [0.15, 0.2) is 0 Å². The molecule has 1 aliphatic heterocycles. The van der Waals surface area contributed by atoms with E-state index in [4.69, 9.17) is 22.1 Å². The van der Waals surface area contributed by atoms with Gasteiger partial charge in [0.25, 0.3) is 0 Å². The summed E-state index contributed by atoms with van der Waals surface area (Å²) >= 11 is 6.84. The van der Waals surface area contributed by atoms with Gasteiger partial charge in [-0.1, -0.05) is 35.9 Å². The summed E-state index contributed by atoms with van der Waals surface area (Å²) < 4.78 is 5.48. The van der Waals surface area contributed by atoms with E-state index < -0.39 is 6.04 Å². The molecular formula is C33H38ClN9O3. The highest BCUT2D eigenvalue weighted by atomic mass is 35.5. The largest absolute Gasteiger partial charge is 0.378 e. The Morgan fingerprint density at radius 1 is 1.00 bits per heavy atom. The lowest BCUT2D eigenvalue weighted by Gasteiger charge is -2.29. The van der Waals surface area contributed by atoms with E-state index in [1.807, 2.05) is 30.3 Å². The van der Waals surface area contributed by atoms with Gasteiger partial charge in [0.2, 0.25) is 17.6 Å². The van der Waals surface area contributed by atoms with Gasteiger partial charge in [0, 0.05) is 48.4 Å². The van der Waals surface area contributed by atoms with Gasteiger partial charge in [-0.15, -0.1) is 10.2 Å². The summed E-state index contributed by atoms with van der Waals surface area (Å²) in [6.45, 7) is 3.40. The van der Waals surface area contributed by atoms with Gasteiger partial charge in [-0.25, -0.2) is 4.98 Å². The zero-order valence-electron chi connectivity index (χ0n) is 25.5. The Hall–Kier alpha value is -4.39. The molecule has 4 aromatic rings.